The van der Waals surface area contributed by atoms with Gasteiger partial charge in [0.1, 0.15) is 5.82 Å². The normalized spacial score (nSPS) is 18.8. The Kier molecular flexibility index (Phi) is 6.21. The van der Waals surface area contributed by atoms with Crippen LogP contribution < -0.4 is 10.2 Å². The molecule has 0 radical (unpaired) electrons. The van der Waals surface area contributed by atoms with Crippen molar-refractivity contribution in [1.82, 2.24) is 10.2 Å². The minimum absolute atomic E-state index is 0.0578. The minimum atomic E-state index is -0.364. The van der Waals surface area contributed by atoms with E-state index in [1.54, 1.807) is 24.0 Å². The molecule has 2 atom stereocenters. The number of aliphatic hydroxyl groups excluding tert-OH is 1. The van der Waals surface area contributed by atoms with Crippen molar-refractivity contribution in [3.8, 4) is 0 Å². The first-order valence-electron chi connectivity index (χ1n) is 8.15. The third-order valence-corrected chi connectivity index (χ3v) is 4.41. The molecular formula is C17H26FN3O2. The lowest BCUT2D eigenvalue weighted by Crippen LogP contribution is -2.40. The molecule has 0 aromatic heterocycles. The monoisotopic (exact) mass is 323 g/mol. The van der Waals surface area contributed by atoms with Gasteiger partial charge in [-0.05, 0) is 44.0 Å². The van der Waals surface area contributed by atoms with Gasteiger partial charge in [-0.25, -0.2) is 9.18 Å². The van der Waals surface area contributed by atoms with Crippen LogP contribution >= 0.6 is 0 Å². The van der Waals surface area contributed by atoms with E-state index in [2.05, 4.69) is 5.32 Å². The number of likely N-dealkylation sites (tertiary alicyclic amines) is 1. The quantitative estimate of drug-likeness (QED) is 0.788. The smallest absolute Gasteiger partial charge is 0.317 e. The molecule has 0 bridgehead atoms. The van der Waals surface area contributed by atoms with E-state index in [9.17, 15) is 14.3 Å². The van der Waals surface area contributed by atoms with Gasteiger partial charge in [0, 0.05) is 44.8 Å². The molecule has 1 aromatic rings. The van der Waals surface area contributed by atoms with Gasteiger partial charge < -0.3 is 20.2 Å². The van der Waals surface area contributed by atoms with E-state index in [1.807, 2.05) is 11.9 Å². The van der Waals surface area contributed by atoms with Gasteiger partial charge in [0.15, 0.2) is 0 Å². The SMILES string of the molecule is C[C@H](O)[C@@H]1CCN(C(=O)NCCCN(C)c2ccc(F)cc2)C1. The highest BCUT2D eigenvalue weighted by atomic mass is 19.1. The molecule has 0 saturated carbocycles. The van der Waals surface area contributed by atoms with Crippen LogP contribution in [0.1, 0.15) is 19.8 Å². The average Bonchev–Trinajstić information content (AvgIpc) is 3.02. The van der Waals surface area contributed by atoms with Crippen molar-refractivity contribution in [2.24, 2.45) is 5.92 Å². The van der Waals surface area contributed by atoms with Crippen LogP contribution in [0, 0.1) is 11.7 Å². The zero-order chi connectivity index (χ0) is 16.8. The van der Waals surface area contributed by atoms with Crippen LogP contribution in [0.2, 0.25) is 0 Å². The van der Waals surface area contributed by atoms with Crippen molar-refractivity contribution in [1.29, 1.82) is 0 Å². The van der Waals surface area contributed by atoms with E-state index in [1.165, 1.54) is 12.1 Å². The number of benzene rings is 1. The molecule has 0 spiro atoms. The van der Waals surface area contributed by atoms with Crippen LogP contribution in [0.3, 0.4) is 0 Å². The summed E-state index contributed by atoms with van der Waals surface area (Å²) in [5.74, 6) is -0.0547. The summed E-state index contributed by atoms with van der Waals surface area (Å²) in [4.78, 5) is 15.8. The molecule has 1 aliphatic heterocycles. The Labute approximate surface area is 137 Å². The number of halogens is 1. The number of carbonyl (C=O) groups excluding carboxylic acids is 1. The Balaban J connectivity index is 1.65. The summed E-state index contributed by atoms with van der Waals surface area (Å²) in [6.45, 7) is 4.48. The predicted octanol–water partition coefficient (Wildman–Crippen LogP) is 2.06. The second kappa shape index (κ2) is 8.15. The maximum Gasteiger partial charge on any atom is 0.317 e. The number of nitrogens with one attached hydrogen (secondary N) is 1. The first-order chi connectivity index (χ1) is 11.0. The van der Waals surface area contributed by atoms with Gasteiger partial charge in [-0.1, -0.05) is 0 Å². The molecular weight excluding hydrogens is 297 g/mol. The van der Waals surface area contributed by atoms with E-state index in [4.69, 9.17) is 0 Å². The Morgan fingerprint density at radius 2 is 2.17 bits per heavy atom. The predicted molar refractivity (Wildman–Crippen MR) is 89.0 cm³/mol. The van der Waals surface area contributed by atoms with Crippen molar-refractivity contribution in [3.05, 3.63) is 30.1 Å². The number of anilines is 1. The van der Waals surface area contributed by atoms with Gasteiger partial charge in [-0.3, -0.25) is 0 Å². The zero-order valence-electron chi connectivity index (χ0n) is 13.8. The highest BCUT2D eigenvalue weighted by Gasteiger charge is 2.28. The van der Waals surface area contributed by atoms with E-state index in [0.717, 1.165) is 25.1 Å². The molecule has 1 aliphatic rings. The number of amides is 2. The fraction of sp³-hybridized carbons (Fsp3) is 0.588. The summed E-state index contributed by atoms with van der Waals surface area (Å²) in [7, 11) is 1.95. The van der Waals surface area contributed by atoms with E-state index in [0.29, 0.717) is 19.6 Å². The second-order valence-electron chi connectivity index (χ2n) is 6.22. The van der Waals surface area contributed by atoms with Crippen molar-refractivity contribution in [2.45, 2.75) is 25.9 Å². The average molecular weight is 323 g/mol. The van der Waals surface area contributed by atoms with E-state index in [-0.39, 0.29) is 23.9 Å². The minimum Gasteiger partial charge on any atom is -0.393 e. The van der Waals surface area contributed by atoms with Gasteiger partial charge >= 0.3 is 6.03 Å². The molecule has 6 heteroatoms. The Hall–Kier alpha value is -1.82. The fourth-order valence-electron chi connectivity index (χ4n) is 2.81. The van der Waals surface area contributed by atoms with Crippen LogP contribution in [0.5, 0.6) is 0 Å². The second-order valence-corrected chi connectivity index (χ2v) is 6.22. The summed E-state index contributed by atoms with van der Waals surface area (Å²) in [5, 5.41) is 12.5. The molecule has 0 aliphatic carbocycles. The van der Waals surface area contributed by atoms with Crippen molar-refractivity contribution >= 4 is 11.7 Å². The largest absolute Gasteiger partial charge is 0.393 e. The number of nitrogens with zero attached hydrogens (tertiary/aromatic N) is 2. The Bertz CT molecular complexity index is 507. The maximum atomic E-state index is 12.9. The molecule has 1 heterocycles. The summed E-state index contributed by atoms with van der Waals surface area (Å²) < 4.78 is 12.9. The maximum absolute atomic E-state index is 12.9. The fourth-order valence-corrected chi connectivity index (χ4v) is 2.81. The Morgan fingerprint density at radius 1 is 1.48 bits per heavy atom. The van der Waals surface area contributed by atoms with Crippen LogP contribution in [-0.4, -0.2) is 55.4 Å². The first kappa shape index (κ1) is 17.5. The lowest BCUT2D eigenvalue weighted by atomic mass is 10.0. The van der Waals surface area contributed by atoms with Gasteiger partial charge in [0.2, 0.25) is 0 Å². The van der Waals surface area contributed by atoms with Crippen molar-refractivity contribution in [2.75, 3.05) is 38.1 Å². The van der Waals surface area contributed by atoms with Gasteiger partial charge in [0.05, 0.1) is 6.10 Å². The number of hydrogen-bond acceptors (Lipinski definition) is 3. The molecule has 23 heavy (non-hydrogen) atoms. The lowest BCUT2D eigenvalue weighted by molar-refractivity contribution is 0.129. The molecule has 2 amide bonds. The number of urea groups is 1. The van der Waals surface area contributed by atoms with Gasteiger partial charge in [0.25, 0.3) is 0 Å². The molecule has 2 N–H and O–H groups in total. The molecule has 1 aromatic carbocycles. The third kappa shape index (κ3) is 5.10. The summed E-state index contributed by atoms with van der Waals surface area (Å²) >= 11 is 0. The van der Waals surface area contributed by atoms with E-state index < -0.39 is 0 Å². The molecule has 1 fully saturated rings. The number of carbonyl (C=O) groups is 1. The van der Waals surface area contributed by atoms with E-state index >= 15 is 0 Å². The number of hydrogen-bond donors (Lipinski definition) is 2. The van der Waals surface area contributed by atoms with Crippen LogP contribution in [0.15, 0.2) is 24.3 Å². The third-order valence-electron chi connectivity index (χ3n) is 4.41. The first-order valence-corrected chi connectivity index (χ1v) is 8.15. The zero-order valence-corrected chi connectivity index (χ0v) is 13.8. The summed E-state index contributed by atoms with van der Waals surface area (Å²) in [6, 6.07) is 6.32. The van der Waals surface area contributed by atoms with Crippen molar-refractivity contribution in [3.63, 3.8) is 0 Å². The topological polar surface area (TPSA) is 55.8 Å². The highest BCUT2D eigenvalue weighted by molar-refractivity contribution is 5.74. The molecule has 2 rings (SSSR count). The van der Waals surface area contributed by atoms with Gasteiger partial charge in [-0.15, -0.1) is 0 Å². The molecule has 0 unspecified atom stereocenters. The number of aliphatic hydroxyl groups is 1. The highest BCUT2D eigenvalue weighted by Crippen LogP contribution is 2.19. The molecule has 5 nitrogen and oxygen atoms in total. The molecule has 128 valence electrons. The van der Waals surface area contributed by atoms with Crippen LogP contribution in [0.4, 0.5) is 14.9 Å². The number of rotatable bonds is 6. The standard InChI is InChI=1S/C17H26FN3O2/c1-13(22)14-8-11-21(12-14)17(23)19-9-3-10-20(2)16-6-4-15(18)5-7-16/h4-7,13-14,22H,3,8-12H2,1-2H3,(H,19,23)/t13-,14+/m0/s1. The summed E-state index contributed by atoms with van der Waals surface area (Å²) in [5.41, 5.74) is 0.956. The summed E-state index contributed by atoms with van der Waals surface area (Å²) in [6.07, 6.45) is 1.31. The lowest BCUT2D eigenvalue weighted by Gasteiger charge is -2.21. The van der Waals surface area contributed by atoms with Gasteiger partial charge in [-0.2, -0.15) is 0 Å². The van der Waals surface area contributed by atoms with Crippen molar-refractivity contribution < 1.29 is 14.3 Å². The Morgan fingerprint density at radius 3 is 2.78 bits per heavy atom. The molecule has 1 saturated heterocycles. The van der Waals surface area contributed by atoms with Crippen LogP contribution in [0.25, 0.3) is 0 Å². The van der Waals surface area contributed by atoms with Crippen LogP contribution in [-0.2, 0) is 0 Å².